The molecule has 0 bridgehead atoms. The second-order valence-corrected chi connectivity index (χ2v) is 8.67. The molecule has 0 aliphatic carbocycles. The standard InChI is InChI=1S/C26H36N4O2/c1-6-27-25(29-22-17-26(4,5)32-23-12-10-9-11-21(22)23)28-18-19-13-15-20(16-14-19)24(31)30(7-2)8-3/h9-16,22H,6-8,17-18H2,1-5H3,(H2,27,28,29). The number of carbonyl (C=O) groups excluding carboxylic acids is 1. The first-order valence-corrected chi connectivity index (χ1v) is 11.6. The highest BCUT2D eigenvalue weighted by molar-refractivity contribution is 5.94. The van der Waals surface area contributed by atoms with E-state index in [4.69, 9.17) is 9.73 Å². The van der Waals surface area contributed by atoms with Crippen molar-refractivity contribution in [2.45, 2.75) is 59.2 Å². The lowest BCUT2D eigenvalue weighted by Crippen LogP contribution is -2.45. The zero-order chi connectivity index (χ0) is 23.1. The van der Waals surface area contributed by atoms with Gasteiger partial charge in [-0.2, -0.15) is 0 Å². The molecular formula is C26H36N4O2. The SMILES string of the molecule is CCNC(=NCc1ccc(C(=O)N(CC)CC)cc1)NC1CC(C)(C)Oc2ccccc21. The van der Waals surface area contributed by atoms with Crippen molar-refractivity contribution in [3.8, 4) is 5.75 Å². The number of benzene rings is 2. The second kappa shape index (κ2) is 10.5. The van der Waals surface area contributed by atoms with Gasteiger partial charge in [-0.3, -0.25) is 4.79 Å². The third-order valence-electron chi connectivity index (χ3n) is 5.70. The third-order valence-corrected chi connectivity index (χ3v) is 5.70. The highest BCUT2D eigenvalue weighted by atomic mass is 16.5. The van der Waals surface area contributed by atoms with Gasteiger partial charge in [-0.1, -0.05) is 30.3 Å². The van der Waals surface area contributed by atoms with Gasteiger partial charge in [-0.05, 0) is 58.4 Å². The van der Waals surface area contributed by atoms with Crippen molar-refractivity contribution >= 4 is 11.9 Å². The molecule has 0 radical (unpaired) electrons. The van der Waals surface area contributed by atoms with E-state index in [1.807, 2.05) is 61.2 Å². The fourth-order valence-electron chi connectivity index (χ4n) is 4.03. The van der Waals surface area contributed by atoms with Crippen LogP contribution in [0.2, 0.25) is 0 Å². The molecule has 1 amide bonds. The van der Waals surface area contributed by atoms with E-state index in [1.54, 1.807) is 0 Å². The molecule has 0 fully saturated rings. The van der Waals surface area contributed by atoms with E-state index in [1.165, 1.54) is 0 Å². The van der Waals surface area contributed by atoms with Crippen LogP contribution in [0.15, 0.2) is 53.5 Å². The quantitative estimate of drug-likeness (QED) is 0.495. The van der Waals surface area contributed by atoms with Crippen LogP contribution < -0.4 is 15.4 Å². The summed E-state index contributed by atoms with van der Waals surface area (Å²) in [7, 11) is 0. The molecule has 2 N–H and O–H groups in total. The summed E-state index contributed by atoms with van der Waals surface area (Å²) >= 11 is 0. The van der Waals surface area contributed by atoms with E-state index < -0.39 is 0 Å². The molecule has 2 aromatic rings. The minimum Gasteiger partial charge on any atom is -0.487 e. The van der Waals surface area contributed by atoms with Crippen LogP contribution in [-0.4, -0.2) is 42.0 Å². The van der Waals surface area contributed by atoms with E-state index in [0.29, 0.717) is 25.2 Å². The molecule has 0 saturated heterocycles. The van der Waals surface area contributed by atoms with Crippen molar-refractivity contribution in [1.82, 2.24) is 15.5 Å². The minimum atomic E-state index is -0.253. The lowest BCUT2D eigenvalue weighted by molar-refractivity contribution is 0.0693. The molecule has 1 aliphatic heterocycles. The number of nitrogens with one attached hydrogen (secondary N) is 2. The molecule has 1 atom stereocenters. The van der Waals surface area contributed by atoms with Crippen LogP contribution in [0.5, 0.6) is 5.75 Å². The molecule has 6 heteroatoms. The minimum absolute atomic E-state index is 0.0702. The number of fused-ring (bicyclic) bond motifs is 1. The first-order valence-electron chi connectivity index (χ1n) is 11.6. The maximum absolute atomic E-state index is 12.5. The molecule has 0 spiro atoms. The van der Waals surface area contributed by atoms with Gasteiger partial charge in [0.1, 0.15) is 11.4 Å². The number of carbonyl (C=O) groups is 1. The Balaban J connectivity index is 1.72. The maximum Gasteiger partial charge on any atom is 0.253 e. The average Bonchev–Trinajstić information content (AvgIpc) is 2.78. The van der Waals surface area contributed by atoms with Crippen LogP contribution in [0.4, 0.5) is 0 Å². The van der Waals surface area contributed by atoms with Crippen molar-refractivity contribution in [2.75, 3.05) is 19.6 Å². The van der Waals surface area contributed by atoms with E-state index in [0.717, 1.165) is 35.8 Å². The number of para-hydroxylation sites is 1. The highest BCUT2D eigenvalue weighted by Gasteiger charge is 2.33. The average molecular weight is 437 g/mol. The number of nitrogens with zero attached hydrogens (tertiary/aromatic N) is 2. The van der Waals surface area contributed by atoms with Gasteiger partial charge in [0.25, 0.3) is 5.91 Å². The molecule has 1 unspecified atom stereocenters. The molecule has 32 heavy (non-hydrogen) atoms. The monoisotopic (exact) mass is 436 g/mol. The highest BCUT2D eigenvalue weighted by Crippen LogP contribution is 2.39. The van der Waals surface area contributed by atoms with Gasteiger partial charge in [0.15, 0.2) is 5.96 Å². The number of ether oxygens (including phenoxy) is 1. The largest absolute Gasteiger partial charge is 0.487 e. The van der Waals surface area contributed by atoms with Crippen LogP contribution >= 0.6 is 0 Å². The van der Waals surface area contributed by atoms with Crippen LogP contribution in [0.1, 0.15) is 68.6 Å². The predicted octanol–water partition coefficient (Wildman–Crippen LogP) is 4.53. The molecule has 172 valence electrons. The zero-order valence-corrected chi connectivity index (χ0v) is 19.9. The van der Waals surface area contributed by atoms with E-state index in [2.05, 4.69) is 37.5 Å². The van der Waals surface area contributed by atoms with Crippen LogP contribution in [0.25, 0.3) is 0 Å². The van der Waals surface area contributed by atoms with E-state index in [9.17, 15) is 4.79 Å². The van der Waals surface area contributed by atoms with Gasteiger partial charge >= 0.3 is 0 Å². The normalized spacial score (nSPS) is 17.2. The maximum atomic E-state index is 12.5. The summed E-state index contributed by atoms with van der Waals surface area (Å²) in [5, 5.41) is 6.95. The molecular weight excluding hydrogens is 400 g/mol. The number of guanidine groups is 1. The second-order valence-electron chi connectivity index (χ2n) is 8.67. The van der Waals surface area contributed by atoms with Crippen molar-refractivity contribution in [1.29, 1.82) is 0 Å². The number of rotatable bonds is 7. The third kappa shape index (κ3) is 5.81. The molecule has 1 heterocycles. The lowest BCUT2D eigenvalue weighted by Gasteiger charge is -2.38. The van der Waals surface area contributed by atoms with Crippen LogP contribution in [0.3, 0.4) is 0 Å². The Hall–Kier alpha value is -3.02. The number of aliphatic imine (C=N–C) groups is 1. The number of hydrogen-bond donors (Lipinski definition) is 2. The predicted molar refractivity (Wildman–Crippen MR) is 130 cm³/mol. The number of amides is 1. The fraction of sp³-hybridized carbons (Fsp3) is 0.462. The van der Waals surface area contributed by atoms with Gasteiger partial charge in [0, 0.05) is 37.2 Å². The van der Waals surface area contributed by atoms with Gasteiger partial charge in [-0.25, -0.2) is 4.99 Å². The summed E-state index contributed by atoms with van der Waals surface area (Å²) in [6.07, 6.45) is 0.844. The molecule has 3 rings (SSSR count). The fourth-order valence-corrected chi connectivity index (χ4v) is 4.03. The van der Waals surface area contributed by atoms with Gasteiger partial charge < -0.3 is 20.3 Å². The van der Waals surface area contributed by atoms with Gasteiger partial charge in [-0.15, -0.1) is 0 Å². The van der Waals surface area contributed by atoms with Crippen molar-refractivity contribution < 1.29 is 9.53 Å². The van der Waals surface area contributed by atoms with E-state index in [-0.39, 0.29) is 17.6 Å². The number of hydrogen-bond acceptors (Lipinski definition) is 3. The Labute approximate surface area is 192 Å². The van der Waals surface area contributed by atoms with Crippen molar-refractivity contribution in [3.63, 3.8) is 0 Å². The van der Waals surface area contributed by atoms with E-state index >= 15 is 0 Å². The van der Waals surface area contributed by atoms with Crippen LogP contribution in [-0.2, 0) is 6.54 Å². The smallest absolute Gasteiger partial charge is 0.253 e. The molecule has 6 nitrogen and oxygen atoms in total. The Morgan fingerprint density at radius 2 is 1.78 bits per heavy atom. The molecule has 1 aliphatic rings. The first-order chi connectivity index (χ1) is 15.4. The summed E-state index contributed by atoms with van der Waals surface area (Å²) in [5.74, 6) is 1.76. The summed E-state index contributed by atoms with van der Waals surface area (Å²) in [6.45, 7) is 13.0. The Morgan fingerprint density at radius 3 is 2.44 bits per heavy atom. The van der Waals surface area contributed by atoms with Gasteiger partial charge in [0.05, 0.1) is 12.6 Å². The van der Waals surface area contributed by atoms with Gasteiger partial charge in [0.2, 0.25) is 0 Å². The topological polar surface area (TPSA) is 66.0 Å². The molecule has 0 saturated carbocycles. The van der Waals surface area contributed by atoms with Crippen LogP contribution in [0, 0.1) is 0 Å². The summed E-state index contributed by atoms with van der Waals surface area (Å²) in [4.78, 5) is 19.1. The summed E-state index contributed by atoms with van der Waals surface area (Å²) < 4.78 is 6.15. The Morgan fingerprint density at radius 1 is 1.09 bits per heavy atom. The Kier molecular flexibility index (Phi) is 7.78. The lowest BCUT2D eigenvalue weighted by atomic mass is 9.90. The first kappa shape index (κ1) is 23.6. The molecule has 0 aromatic heterocycles. The zero-order valence-electron chi connectivity index (χ0n) is 19.9. The Bertz CT molecular complexity index is 933. The summed E-state index contributed by atoms with van der Waals surface area (Å²) in [6, 6.07) is 16.0. The summed E-state index contributed by atoms with van der Waals surface area (Å²) in [5.41, 5.74) is 2.67. The van der Waals surface area contributed by atoms with Crippen molar-refractivity contribution in [2.24, 2.45) is 4.99 Å². The van der Waals surface area contributed by atoms with Crippen molar-refractivity contribution in [3.05, 3.63) is 65.2 Å². The molecule has 2 aromatic carbocycles.